The average molecular weight is 1040 g/mol. The Hall–Kier alpha value is -10.2. The minimum absolute atomic E-state index is 0.0165. The van der Waals surface area contributed by atoms with Crippen molar-refractivity contribution in [2.24, 2.45) is 40.9 Å². The summed E-state index contributed by atoms with van der Waals surface area (Å²) in [6.07, 6.45) is 0. The Kier molecular flexibility index (Phi) is 12.2. The number of carbonyl (C=O) groups is 2. The molecular weight excluding hydrogens is 1010 g/mol. The molecule has 0 aromatic heterocycles. The van der Waals surface area contributed by atoms with Gasteiger partial charge in [-0.2, -0.15) is 32.2 Å². The first-order valence-corrected chi connectivity index (χ1v) is 23.6. The molecule has 0 fully saturated rings. The lowest BCUT2D eigenvalue weighted by Gasteiger charge is -2.17. The van der Waals surface area contributed by atoms with Gasteiger partial charge >= 0.3 is 0 Å². The van der Waals surface area contributed by atoms with Crippen LogP contribution in [0.4, 0.5) is 68.2 Å². The van der Waals surface area contributed by atoms with Gasteiger partial charge in [-0.25, -0.2) is 0 Å². The number of fused-ring (bicyclic) bond motifs is 4. The number of azo groups is 4. The Morgan fingerprint density at radius 3 is 1.45 bits per heavy atom. The van der Waals surface area contributed by atoms with Crippen molar-refractivity contribution in [3.05, 3.63) is 164 Å². The molecule has 0 radical (unpaired) electrons. The molecule has 28 heteroatoms. The lowest BCUT2D eigenvalue weighted by atomic mass is 9.83. The number of nitrogens with zero attached hydrogens (tertiary/aromatic N) is 10. The zero-order valence-corrected chi connectivity index (χ0v) is 38.5. The molecule has 0 bridgehead atoms. The van der Waals surface area contributed by atoms with E-state index >= 15 is 0 Å². The SMILES string of the molecule is Nc1ccc(N=Nc2ccc([N+](=O)[O-])cc2)c2ccc(N=Nc3ccc4c(c3)C(=O)c3ccc(N=Nc5c(S(=O)(=O)O)cc6c(N=Nc7ccc([N+](=O)[O-])cc7S(=O)(=O)O)ccc(N)c6c5O)cc3C4=O)c(O)c12. The molecule has 0 saturated heterocycles. The Labute approximate surface area is 413 Å². The van der Waals surface area contributed by atoms with Gasteiger partial charge in [0.05, 0.1) is 49.1 Å². The summed E-state index contributed by atoms with van der Waals surface area (Å²) < 4.78 is 69.5. The van der Waals surface area contributed by atoms with Crippen molar-refractivity contribution < 1.29 is 55.6 Å². The second-order valence-corrected chi connectivity index (χ2v) is 18.5. The number of rotatable bonds is 12. The first kappa shape index (κ1) is 48.8. The Balaban J connectivity index is 0.986. The van der Waals surface area contributed by atoms with Crippen LogP contribution < -0.4 is 11.5 Å². The van der Waals surface area contributed by atoms with Crippen LogP contribution in [0.25, 0.3) is 21.5 Å². The number of benzene rings is 8. The average Bonchev–Trinajstić information content (AvgIpc) is 3.37. The van der Waals surface area contributed by atoms with Gasteiger partial charge in [-0.05, 0) is 97.1 Å². The topological polar surface area (TPSA) is 421 Å². The van der Waals surface area contributed by atoms with E-state index in [2.05, 4.69) is 40.9 Å². The van der Waals surface area contributed by atoms with E-state index in [0.717, 1.165) is 18.2 Å². The predicted octanol–water partition coefficient (Wildman–Crippen LogP) is 11.3. The van der Waals surface area contributed by atoms with Gasteiger partial charge in [-0.3, -0.25) is 38.9 Å². The summed E-state index contributed by atoms with van der Waals surface area (Å²) in [5.74, 6) is -2.52. The minimum atomic E-state index is -5.26. The third-order valence-corrected chi connectivity index (χ3v) is 12.9. The van der Waals surface area contributed by atoms with Crippen molar-refractivity contribution in [3.63, 3.8) is 0 Å². The number of nitrogens with two attached hydrogens (primary N) is 2. The van der Waals surface area contributed by atoms with E-state index in [0.29, 0.717) is 22.8 Å². The van der Waals surface area contributed by atoms with E-state index in [1.807, 2.05) is 0 Å². The third kappa shape index (κ3) is 9.19. The molecule has 0 atom stereocenters. The van der Waals surface area contributed by atoms with Crippen molar-refractivity contribution in [1.29, 1.82) is 0 Å². The number of ketones is 2. The number of aromatic hydroxyl groups is 2. The molecule has 8 N–H and O–H groups in total. The summed E-state index contributed by atoms with van der Waals surface area (Å²) in [5.41, 5.74) is 10.3. The third-order valence-electron chi connectivity index (χ3n) is 11.2. The summed E-state index contributed by atoms with van der Waals surface area (Å²) in [6, 6.07) is 24.7. The highest BCUT2D eigenvalue weighted by atomic mass is 32.2. The van der Waals surface area contributed by atoms with Crippen LogP contribution in [0.5, 0.6) is 11.5 Å². The highest BCUT2D eigenvalue weighted by Gasteiger charge is 2.31. The molecule has 8 aromatic carbocycles. The fourth-order valence-electron chi connectivity index (χ4n) is 7.68. The molecule has 0 spiro atoms. The highest BCUT2D eigenvalue weighted by Crippen LogP contribution is 2.48. The molecule has 0 unspecified atom stereocenters. The number of phenols is 2. The first-order valence-electron chi connectivity index (χ1n) is 20.7. The van der Waals surface area contributed by atoms with Gasteiger partial charge in [0.1, 0.15) is 26.9 Å². The maximum Gasteiger partial charge on any atom is 0.297 e. The van der Waals surface area contributed by atoms with E-state index in [-0.39, 0.29) is 84.0 Å². The molecule has 26 nitrogen and oxygen atoms in total. The zero-order chi connectivity index (χ0) is 53.0. The first-order chi connectivity index (χ1) is 35.1. The van der Waals surface area contributed by atoms with Crippen molar-refractivity contribution in [3.8, 4) is 11.5 Å². The zero-order valence-electron chi connectivity index (χ0n) is 36.9. The molecule has 1 aliphatic carbocycles. The van der Waals surface area contributed by atoms with E-state index in [9.17, 15) is 66.0 Å². The summed E-state index contributed by atoms with van der Waals surface area (Å²) in [4.78, 5) is 46.4. The number of phenolic OH excluding ortho intramolecular Hbond substituents is 2. The summed E-state index contributed by atoms with van der Waals surface area (Å²) in [6.45, 7) is 0. The molecule has 9 rings (SSSR count). The number of nitro benzene ring substituents is 2. The molecule has 0 heterocycles. The second-order valence-electron chi connectivity index (χ2n) is 15.7. The number of carbonyl (C=O) groups excluding carboxylic acids is 2. The molecule has 8 aromatic rings. The van der Waals surface area contributed by atoms with Crippen LogP contribution in [0.2, 0.25) is 0 Å². The smallest absolute Gasteiger partial charge is 0.297 e. The van der Waals surface area contributed by atoms with Crippen LogP contribution in [-0.2, 0) is 20.2 Å². The summed E-state index contributed by atoms with van der Waals surface area (Å²) in [7, 11) is -10.3. The van der Waals surface area contributed by atoms with E-state index < -0.39 is 74.3 Å². The fourth-order valence-corrected chi connectivity index (χ4v) is 8.97. The second kappa shape index (κ2) is 18.5. The standard InChI is InChI=1S/C46H28N12O14S2/c47-32-11-15-34(52-49-21-1-5-24(6-2-21)57(63)64)28-10-14-37(45(61)40(28)32)55-50-22-3-8-26-29(17-22)43(59)27-9-4-23(18-30(27)44(26)60)51-56-42-39(74(70,71)72)20-31-35(16-12-33(48)41(31)46(42)62)53-54-36-13-7-25(58(65)66)19-38(36)73(67,68)69/h1-20,61-62H,47-48H2,(H,67,68,69)(H,70,71,72). The van der Waals surface area contributed by atoms with Crippen LogP contribution in [-0.4, -0.2) is 57.6 Å². The largest absolute Gasteiger partial charge is 0.505 e. The lowest BCUT2D eigenvalue weighted by molar-refractivity contribution is -0.385. The van der Waals surface area contributed by atoms with Gasteiger partial charge in [0.25, 0.3) is 31.6 Å². The molecule has 368 valence electrons. The Morgan fingerprint density at radius 1 is 0.432 bits per heavy atom. The van der Waals surface area contributed by atoms with Gasteiger partial charge in [0.15, 0.2) is 23.1 Å². The monoisotopic (exact) mass is 1040 g/mol. The van der Waals surface area contributed by atoms with Crippen molar-refractivity contribution in [2.45, 2.75) is 9.79 Å². The quantitative estimate of drug-likeness (QED) is 0.0218. The highest BCUT2D eigenvalue weighted by molar-refractivity contribution is 7.86. The fraction of sp³-hybridized carbons (Fsp3) is 0. The molecule has 0 amide bonds. The van der Waals surface area contributed by atoms with Crippen molar-refractivity contribution >= 4 is 122 Å². The van der Waals surface area contributed by atoms with Crippen LogP contribution >= 0.6 is 0 Å². The van der Waals surface area contributed by atoms with Crippen LogP contribution in [0, 0.1) is 20.2 Å². The number of hydrogen-bond acceptors (Lipinski definition) is 22. The van der Waals surface area contributed by atoms with Crippen LogP contribution in [0.1, 0.15) is 31.8 Å². The maximum atomic E-state index is 13.9. The molecule has 1 aliphatic rings. The van der Waals surface area contributed by atoms with Gasteiger partial charge in [0.2, 0.25) is 0 Å². The number of anilines is 2. The van der Waals surface area contributed by atoms with Crippen LogP contribution in [0.3, 0.4) is 0 Å². The van der Waals surface area contributed by atoms with E-state index in [4.69, 9.17) is 11.5 Å². The van der Waals surface area contributed by atoms with Crippen LogP contribution in [0.15, 0.2) is 172 Å². The van der Waals surface area contributed by atoms with Crippen molar-refractivity contribution in [1.82, 2.24) is 0 Å². The minimum Gasteiger partial charge on any atom is -0.505 e. The summed E-state index contributed by atoms with van der Waals surface area (Å²) in [5, 5.41) is 77.1. The molecular formula is C46H28N12O14S2. The van der Waals surface area contributed by atoms with Gasteiger partial charge < -0.3 is 21.7 Å². The van der Waals surface area contributed by atoms with Crippen molar-refractivity contribution in [2.75, 3.05) is 11.5 Å². The lowest BCUT2D eigenvalue weighted by Crippen LogP contribution is -2.20. The maximum absolute atomic E-state index is 13.9. The van der Waals surface area contributed by atoms with Gasteiger partial charge in [-0.1, -0.05) is 0 Å². The number of nitro groups is 2. The Bertz CT molecular complexity index is 4190. The molecule has 0 aliphatic heterocycles. The van der Waals surface area contributed by atoms with Gasteiger partial charge in [-0.15, -0.1) is 25.6 Å². The Morgan fingerprint density at radius 2 is 0.878 bits per heavy atom. The molecule has 74 heavy (non-hydrogen) atoms. The van der Waals surface area contributed by atoms with Gasteiger partial charge in [0, 0.05) is 68.7 Å². The molecule has 0 saturated carbocycles. The summed E-state index contributed by atoms with van der Waals surface area (Å²) >= 11 is 0. The number of nitrogen functional groups attached to an aromatic ring is 2. The normalized spacial score (nSPS) is 12.9. The number of non-ortho nitro benzene ring substituents is 2. The van der Waals surface area contributed by atoms with E-state index in [1.54, 1.807) is 12.1 Å². The number of hydrogen-bond donors (Lipinski definition) is 6. The predicted molar refractivity (Wildman–Crippen MR) is 262 cm³/mol. The van der Waals surface area contributed by atoms with E-state index in [1.165, 1.54) is 84.9 Å².